The van der Waals surface area contributed by atoms with E-state index in [4.69, 9.17) is 14.2 Å². The van der Waals surface area contributed by atoms with Crippen molar-refractivity contribution in [2.75, 3.05) is 27.0 Å². The molecule has 104 valence electrons. The monoisotopic (exact) mass is 265 g/mol. The van der Waals surface area contributed by atoms with Crippen LogP contribution in [0.25, 0.3) is 0 Å². The Hall–Kier alpha value is -1.46. The lowest BCUT2D eigenvalue weighted by atomic mass is 9.95. The van der Waals surface area contributed by atoms with Crippen LogP contribution in [0.1, 0.15) is 30.6 Å². The Morgan fingerprint density at radius 2 is 2.32 bits per heavy atom. The van der Waals surface area contributed by atoms with E-state index in [1.54, 1.807) is 0 Å². The average Bonchev–Trinajstić information content (AvgIpc) is 2.86. The third-order valence-electron chi connectivity index (χ3n) is 3.55. The molecule has 0 spiro atoms. The molecule has 0 saturated heterocycles. The summed E-state index contributed by atoms with van der Waals surface area (Å²) in [6, 6.07) is 1.95. The number of nitrogens with zero attached hydrogens (tertiary/aromatic N) is 1. The largest absolute Gasteiger partial charge is 0.504 e. The van der Waals surface area contributed by atoms with Crippen LogP contribution in [0.4, 0.5) is 0 Å². The third kappa shape index (κ3) is 2.13. The summed E-state index contributed by atoms with van der Waals surface area (Å²) in [5, 5.41) is 10.3. The van der Waals surface area contributed by atoms with Crippen molar-refractivity contribution in [3.05, 3.63) is 17.2 Å². The van der Waals surface area contributed by atoms with Gasteiger partial charge in [-0.2, -0.15) is 0 Å². The molecule has 0 radical (unpaired) electrons. The van der Waals surface area contributed by atoms with E-state index < -0.39 is 0 Å². The van der Waals surface area contributed by atoms with Gasteiger partial charge in [0.1, 0.15) is 0 Å². The van der Waals surface area contributed by atoms with Crippen LogP contribution in [0.15, 0.2) is 6.07 Å². The van der Waals surface area contributed by atoms with E-state index in [1.807, 2.05) is 13.1 Å². The lowest BCUT2D eigenvalue weighted by Crippen LogP contribution is -2.32. The maximum absolute atomic E-state index is 10.3. The molecule has 1 unspecified atom stereocenters. The summed E-state index contributed by atoms with van der Waals surface area (Å²) in [6.07, 6.45) is 0.959. The zero-order chi connectivity index (χ0) is 13.4. The summed E-state index contributed by atoms with van der Waals surface area (Å²) in [4.78, 5) is 2.14. The number of hydrogen-bond donors (Lipinski definition) is 1. The summed E-state index contributed by atoms with van der Waals surface area (Å²) in [5.41, 5.74) is 1.91. The Balaban J connectivity index is 2.01. The number of phenols is 1. The molecule has 0 saturated carbocycles. The van der Waals surface area contributed by atoms with Crippen LogP contribution < -0.4 is 9.47 Å². The lowest BCUT2D eigenvalue weighted by Gasteiger charge is -2.32. The third-order valence-corrected chi connectivity index (χ3v) is 3.55. The zero-order valence-corrected chi connectivity index (χ0v) is 11.3. The summed E-state index contributed by atoms with van der Waals surface area (Å²) < 4.78 is 16.6. The smallest absolute Gasteiger partial charge is 0.231 e. The summed E-state index contributed by atoms with van der Waals surface area (Å²) in [6.45, 7) is 4.50. The zero-order valence-electron chi connectivity index (χ0n) is 11.3. The Morgan fingerprint density at radius 3 is 3.11 bits per heavy atom. The molecule has 5 nitrogen and oxygen atoms in total. The van der Waals surface area contributed by atoms with Crippen LogP contribution in [-0.2, 0) is 11.3 Å². The van der Waals surface area contributed by atoms with Crippen LogP contribution in [0.3, 0.4) is 0 Å². The highest BCUT2D eigenvalue weighted by molar-refractivity contribution is 5.60. The molecule has 3 rings (SSSR count). The van der Waals surface area contributed by atoms with Gasteiger partial charge in [0.25, 0.3) is 0 Å². The van der Waals surface area contributed by atoms with E-state index in [9.17, 15) is 5.11 Å². The summed E-state index contributed by atoms with van der Waals surface area (Å²) in [7, 11) is 2.02. The van der Waals surface area contributed by atoms with E-state index in [2.05, 4.69) is 11.8 Å². The van der Waals surface area contributed by atoms with Gasteiger partial charge in [-0.15, -0.1) is 0 Å². The molecule has 1 aromatic rings. The predicted octanol–water partition coefficient (Wildman–Crippen LogP) is 2.03. The van der Waals surface area contributed by atoms with E-state index in [1.165, 1.54) is 0 Å². The molecule has 19 heavy (non-hydrogen) atoms. The summed E-state index contributed by atoms with van der Waals surface area (Å²) in [5.74, 6) is 1.27. The number of phenolic OH excluding ortho intramolecular Hbond substituents is 1. The highest BCUT2D eigenvalue weighted by Crippen LogP contribution is 2.47. The van der Waals surface area contributed by atoms with Crippen LogP contribution in [0, 0.1) is 0 Å². The van der Waals surface area contributed by atoms with Crippen LogP contribution >= 0.6 is 0 Å². The van der Waals surface area contributed by atoms with Gasteiger partial charge in [-0.05, 0) is 25.1 Å². The van der Waals surface area contributed by atoms with Gasteiger partial charge in [0.2, 0.25) is 12.5 Å². The highest BCUT2D eigenvalue weighted by Gasteiger charge is 2.31. The predicted molar refractivity (Wildman–Crippen MR) is 69.5 cm³/mol. The fraction of sp³-hybridized carbons (Fsp3) is 0.571. The topological polar surface area (TPSA) is 51.2 Å². The van der Waals surface area contributed by atoms with E-state index in [0.29, 0.717) is 24.7 Å². The molecule has 0 fully saturated rings. The Kier molecular flexibility index (Phi) is 3.24. The number of likely N-dealkylation sites (N-methyl/N-ethyl adjacent to an activating group) is 1. The fourth-order valence-electron chi connectivity index (χ4n) is 2.65. The van der Waals surface area contributed by atoms with Crippen LogP contribution in [0.5, 0.6) is 17.2 Å². The average molecular weight is 265 g/mol. The first-order valence-corrected chi connectivity index (χ1v) is 6.65. The van der Waals surface area contributed by atoms with E-state index in [-0.39, 0.29) is 18.6 Å². The maximum atomic E-state index is 10.3. The van der Waals surface area contributed by atoms with E-state index in [0.717, 1.165) is 24.1 Å². The molecular formula is C14H19NO4. The molecule has 5 heteroatoms. The number of ether oxygens (including phenoxy) is 3. The van der Waals surface area contributed by atoms with Crippen molar-refractivity contribution < 1.29 is 19.3 Å². The van der Waals surface area contributed by atoms with Crippen molar-refractivity contribution in [2.24, 2.45) is 0 Å². The molecular weight excluding hydrogens is 246 g/mol. The Labute approximate surface area is 112 Å². The maximum Gasteiger partial charge on any atom is 0.231 e. The highest BCUT2D eigenvalue weighted by atomic mass is 16.7. The molecule has 1 atom stereocenters. The summed E-state index contributed by atoms with van der Waals surface area (Å²) >= 11 is 0. The van der Waals surface area contributed by atoms with Crippen molar-refractivity contribution in [3.63, 3.8) is 0 Å². The number of benzene rings is 1. The molecule has 0 bridgehead atoms. The second-order valence-corrected chi connectivity index (χ2v) is 5.08. The van der Waals surface area contributed by atoms with Gasteiger partial charge in [0.05, 0.1) is 6.10 Å². The Bertz CT molecular complexity index is 489. The second kappa shape index (κ2) is 4.90. The first kappa shape index (κ1) is 12.6. The number of fused-ring (bicyclic) bond motifs is 2. The van der Waals surface area contributed by atoms with Crippen molar-refractivity contribution in [1.82, 2.24) is 4.90 Å². The van der Waals surface area contributed by atoms with Crippen molar-refractivity contribution in [1.29, 1.82) is 0 Å². The van der Waals surface area contributed by atoms with Gasteiger partial charge < -0.3 is 19.3 Å². The quantitative estimate of drug-likeness (QED) is 0.906. The number of hydrogen-bond acceptors (Lipinski definition) is 5. The minimum absolute atomic E-state index is 0.0194. The minimum atomic E-state index is -0.0194. The van der Waals surface area contributed by atoms with Gasteiger partial charge in [-0.1, -0.05) is 6.92 Å². The molecule has 2 aliphatic heterocycles. The second-order valence-electron chi connectivity index (χ2n) is 5.08. The Morgan fingerprint density at radius 1 is 1.47 bits per heavy atom. The molecule has 0 amide bonds. The molecule has 2 heterocycles. The first-order chi connectivity index (χ1) is 9.20. The van der Waals surface area contributed by atoms with E-state index >= 15 is 0 Å². The van der Waals surface area contributed by atoms with Crippen molar-refractivity contribution >= 4 is 0 Å². The van der Waals surface area contributed by atoms with Crippen LogP contribution in [0.2, 0.25) is 0 Å². The number of rotatable bonds is 3. The van der Waals surface area contributed by atoms with Gasteiger partial charge >= 0.3 is 0 Å². The lowest BCUT2D eigenvalue weighted by molar-refractivity contribution is 0.0192. The fourth-order valence-corrected chi connectivity index (χ4v) is 2.65. The molecule has 1 N–H and O–H groups in total. The molecule has 0 aromatic heterocycles. The molecule has 0 aliphatic carbocycles. The SMILES string of the molecule is CCCOC1CN(C)Cc2c1cc1c(c2O)OCO1. The van der Waals surface area contributed by atoms with Gasteiger partial charge in [-0.3, -0.25) is 4.90 Å². The minimum Gasteiger partial charge on any atom is -0.504 e. The van der Waals surface area contributed by atoms with Gasteiger partial charge in [0, 0.05) is 25.3 Å². The van der Waals surface area contributed by atoms with Gasteiger partial charge in [0.15, 0.2) is 11.5 Å². The van der Waals surface area contributed by atoms with Crippen molar-refractivity contribution in [2.45, 2.75) is 26.0 Å². The standard InChI is InChI=1S/C14H19NO4/c1-3-4-17-12-7-15(2)6-10-9(12)5-11-14(13(10)16)19-8-18-11/h5,12,16H,3-4,6-8H2,1-2H3. The van der Waals surface area contributed by atoms with Crippen molar-refractivity contribution in [3.8, 4) is 17.2 Å². The molecule has 2 aliphatic rings. The molecule has 1 aromatic carbocycles. The number of aromatic hydroxyl groups is 1. The first-order valence-electron chi connectivity index (χ1n) is 6.65. The van der Waals surface area contributed by atoms with Gasteiger partial charge in [-0.25, -0.2) is 0 Å². The van der Waals surface area contributed by atoms with Crippen LogP contribution in [-0.4, -0.2) is 37.0 Å². The normalized spacial score (nSPS) is 21.5.